The van der Waals surface area contributed by atoms with E-state index in [1.807, 2.05) is 31.2 Å². The molecule has 152 valence electrons. The third-order valence-electron chi connectivity index (χ3n) is 4.87. The highest BCUT2D eigenvalue weighted by Crippen LogP contribution is 2.25. The zero-order chi connectivity index (χ0) is 20.7. The molecule has 4 heteroatoms. The lowest BCUT2D eigenvalue weighted by molar-refractivity contribution is -0.137. The van der Waals surface area contributed by atoms with Gasteiger partial charge in [-0.25, -0.2) is 0 Å². The van der Waals surface area contributed by atoms with Crippen molar-refractivity contribution in [1.29, 1.82) is 0 Å². The van der Waals surface area contributed by atoms with Crippen molar-refractivity contribution >= 4 is 5.97 Å². The fourth-order valence-corrected chi connectivity index (χ4v) is 2.92. The summed E-state index contributed by atoms with van der Waals surface area (Å²) in [6, 6.07) is 14.1. The molecule has 0 aliphatic carbocycles. The number of hydrogen-bond acceptors (Lipinski definition) is 3. The zero-order valence-electron chi connectivity index (χ0n) is 17.6. The highest BCUT2D eigenvalue weighted by molar-refractivity contribution is 5.68. The molecule has 0 radical (unpaired) electrons. The summed E-state index contributed by atoms with van der Waals surface area (Å²) in [6.45, 7) is 11.6. The van der Waals surface area contributed by atoms with Crippen LogP contribution in [0.1, 0.15) is 62.6 Å². The van der Waals surface area contributed by atoms with E-state index in [2.05, 4.69) is 45.9 Å². The Labute approximate surface area is 168 Å². The lowest BCUT2D eigenvalue weighted by Gasteiger charge is -2.17. The highest BCUT2D eigenvalue weighted by Gasteiger charge is 2.11. The van der Waals surface area contributed by atoms with E-state index >= 15 is 0 Å². The third kappa shape index (κ3) is 6.59. The first-order chi connectivity index (χ1) is 13.3. The summed E-state index contributed by atoms with van der Waals surface area (Å²) in [5, 5.41) is 8.90. The average Bonchev–Trinajstić information content (AvgIpc) is 2.65. The Kier molecular flexibility index (Phi) is 7.91. The van der Waals surface area contributed by atoms with Gasteiger partial charge >= 0.3 is 5.97 Å². The van der Waals surface area contributed by atoms with Crippen LogP contribution in [0.2, 0.25) is 0 Å². The molecule has 0 heterocycles. The Morgan fingerprint density at radius 2 is 1.54 bits per heavy atom. The van der Waals surface area contributed by atoms with Crippen LogP contribution in [-0.4, -0.2) is 24.3 Å². The van der Waals surface area contributed by atoms with Crippen LogP contribution in [0.5, 0.6) is 11.5 Å². The van der Waals surface area contributed by atoms with Crippen LogP contribution in [0.15, 0.2) is 42.5 Å². The Hall–Kier alpha value is -2.49. The first-order valence-corrected chi connectivity index (χ1v) is 9.94. The predicted molar refractivity (Wildman–Crippen MR) is 113 cm³/mol. The van der Waals surface area contributed by atoms with E-state index in [0.29, 0.717) is 19.1 Å². The minimum Gasteiger partial charge on any atom is -0.493 e. The number of aryl methyl sites for hydroxylation is 1. The summed E-state index contributed by atoms with van der Waals surface area (Å²) in [4.78, 5) is 10.8. The largest absolute Gasteiger partial charge is 0.493 e. The maximum Gasteiger partial charge on any atom is 0.303 e. The molecule has 0 spiro atoms. The quantitative estimate of drug-likeness (QED) is 0.563. The molecule has 0 fully saturated rings. The summed E-state index contributed by atoms with van der Waals surface area (Å²) >= 11 is 0. The normalized spacial score (nSPS) is 13.2. The van der Waals surface area contributed by atoms with Gasteiger partial charge in [0.2, 0.25) is 0 Å². The van der Waals surface area contributed by atoms with Crippen molar-refractivity contribution in [3.8, 4) is 11.5 Å². The molecular formula is C24H32O4. The lowest BCUT2D eigenvalue weighted by Crippen LogP contribution is -2.17. The van der Waals surface area contributed by atoms with Gasteiger partial charge in [-0.3, -0.25) is 4.79 Å². The third-order valence-corrected chi connectivity index (χ3v) is 4.87. The van der Waals surface area contributed by atoms with Crippen LogP contribution in [0.25, 0.3) is 0 Å². The molecule has 0 aromatic heterocycles. The van der Waals surface area contributed by atoms with E-state index in [4.69, 9.17) is 14.6 Å². The van der Waals surface area contributed by atoms with E-state index in [-0.39, 0.29) is 18.3 Å². The fraction of sp³-hybridized carbons (Fsp3) is 0.458. The van der Waals surface area contributed by atoms with Gasteiger partial charge in [0.25, 0.3) is 0 Å². The van der Waals surface area contributed by atoms with Crippen LogP contribution in [0, 0.1) is 12.8 Å². The maximum absolute atomic E-state index is 10.8. The van der Waals surface area contributed by atoms with E-state index in [0.717, 1.165) is 22.6 Å². The topological polar surface area (TPSA) is 55.8 Å². The maximum atomic E-state index is 10.8. The summed E-state index contributed by atoms with van der Waals surface area (Å²) in [5.74, 6) is 1.66. The molecule has 0 bridgehead atoms. The van der Waals surface area contributed by atoms with Crippen LogP contribution >= 0.6 is 0 Å². The van der Waals surface area contributed by atoms with E-state index in [1.54, 1.807) is 0 Å². The smallest absolute Gasteiger partial charge is 0.303 e. The van der Waals surface area contributed by atoms with Crippen molar-refractivity contribution in [2.24, 2.45) is 5.92 Å². The number of carboxylic acids is 1. The Morgan fingerprint density at radius 1 is 0.929 bits per heavy atom. The second kappa shape index (κ2) is 10.2. The van der Waals surface area contributed by atoms with Crippen molar-refractivity contribution in [2.45, 2.75) is 52.9 Å². The molecule has 2 aromatic carbocycles. The first kappa shape index (κ1) is 21.8. The molecule has 0 aliphatic heterocycles. The number of aliphatic carboxylic acids is 1. The van der Waals surface area contributed by atoms with Gasteiger partial charge in [-0.1, -0.05) is 52.0 Å². The standard InChI is InChI=1S/C24H32O4/c1-16(2)21-7-6-18(4)23(13-21)28-15-17(3)14-27-22-10-8-20(9-11-22)19(5)12-24(25)26/h6-11,13,16-17,19H,12,14-15H2,1-5H3,(H,25,26). The number of carboxylic acid groups (broad SMARTS) is 1. The van der Waals surface area contributed by atoms with Crippen molar-refractivity contribution in [1.82, 2.24) is 0 Å². The van der Waals surface area contributed by atoms with Gasteiger partial charge in [0.1, 0.15) is 11.5 Å². The zero-order valence-corrected chi connectivity index (χ0v) is 17.6. The Morgan fingerprint density at radius 3 is 2.14 bits per heavy atom. The molecule has 0 amide bonds. The van der Waals surface area contributed by atoms with Crippen LogP contribution in [0.4, 0.5) is 0 Å². The van der Waals surface area contributed by atoms with E-state index < -0.39 is 5.97 Å². The van der Waals surface area contributed by atoms with Gasteiger partial charge < -0.3 is 14.6 Å². The molecule has 2 unspecified atom stereocenters. The highest BCUT2D eigenvalue weighted by atomic mass is 16.5. The van der Waals surface area contributed by atoms with Crippen molar-refractivity contribution < 1.29 is 19.4 Å². The lowest BCUT2D eigenvalue weighted by atomic mass is 9.98. The minimum absolute atomic E-state index is 0.0104. The molecule has 4 nitrogen and oxygen atoms in total. The fourth-order valence-electron chi connectivity index (χ4n) is 2.92. The predicted octanol–water partition coefficient (Wildman–Crippen LogP) is 5.79. The summed E-state index contributed by atoms with van der Waals surface area (Å²) in [6.07, 6.45) is 0.131. The van der Waals surface area contributed by atoms with Crippen LogP contribution < -0.4 is 9.47 Å². The van der Waals surface area contributed by atoms with Crippen LogP contribution in [0.3, 0.4) is 0 Å². The minimum atomic E-state index is -0.782. The van der Waals surface area contributed by atoms with Crippen molar-refractivity contribution in [2.75, 3.05) is 13.2 Å². The molecule has 0 saturated carbocycles. The van der Waals surface area contributed by atoms with Gasteiger partial charge in [0.05, 0.1) is 19.6 Å². The Balaban J connectivity index is 1.83. The molecule has 28 heavy (non-hydrogen) atoms. The number of rotatable bonds is 10. The summed E-state index contributed by atoms with van der Waals surface area (Å²) in [7, 11) is 0. The van der Waals surface area contributed by atoms with E-state index in [9.17, 15) is 4.79 Å². The van der Waals surface area contributed by atoms with Crippen molar-refractivity contribution in [3.05, 3.63) is 59.2 Å². The monoisotopic (exact) mass is 384 g/mol. The second-order valence-corrected chi connectivity index (χ2v) is 7.97. The second-order valence-electron chi connectivity index (χ2n) is 7.97. The first-order valence-electron chi connectivity index (χ1n) is 9.94. The molecule has 0 saturated heterocycles. The molecule has 2 rings (SSSR count). The van der Waals surface area contributed by atoms with E-state index in [1.165, 1.54) is 5.56 Å². The number of benzene rings is 2. The van der Waals surface area contributed by atoms with Gasteiger partial charge in [-0.15, -0.1) is 0 Å². The molecule has 1 N–H and O–H groups in total. The summed E-state index contributed by atoms with van der Waals surface area (Å²) in [5.41, 5.74) is 3.43. The van der Waals surface area contributed by atoms with Crippen LogP contribution in [-0.2, 0) is 4.79 Å². The molecule has 2 atom stereocenters. The molecular weight excluding hydrogens is 352 g/mol. The number of carbonyl (C=O) groups is 1. The number of hydrogen-bond donors (Lipinski definition) is 1. The number of ether oxygens (including phenoxy) is 2. The average molecular weight is 385 g/mol. The SMILES string of the molecule is Cc1ccc(C(C)C)cc1OCC(C)COc1ccc(C(C)CC(=O)O)cc1. The van der Waals surface area contributed by atoms with Gasteiger partial charge in [0.15, 0.2) is 0 Å². The summed E-state index contributed by atoms with van der Waals surface area (Å²) < 4.78 is 11.9. The van der Waals surface area contributed by atoms with Gasteiger partial charge in [-0.2, -0.15) is 0 Å². The molecule has 2 aromatic rings. The van der Waals surface area contributed by atoms with Gasteiger partial charge in [-0.05, 0) is 53.6 Å². The molecule has 0 aliphatic rings. The van der Waals surface area contributed by atoms with Crippen molar-refractivity contribution in [3.63, 3.8) is 0 Å². The van der Waals surface area contributed by atoms with Gasteiger partial charge in [0, 0.05) is 5.92 Å². The Bertz CT molecular complexity index is 765.